The number of aryl methyl sites for hydroxylation is 3. The van der Waals surface area contributed by atoms with Crippen molar-refractivity contribution in [2.24, 2.45) is 0 Å². The molecule has 1 aliphatic carbocycles. The van der Waals surface area contributed by atoms with E-state index < -0.39 is 0 Å². The first-order valence-corrected chi connectivity index (χ1v) is 8.76. The zero-order valence-electron chi connectivity index (χ0n) is 13.0. The van der Waals surface area contributed by atoms with Crippen LogP contribution in [0.15, 0.2) is 34.9 Å². The molecule has 1 aromatic carbocycles. The van der Waals surface area contributed by atoms with Crippen LogP contribution in [0.2, 0.25) is 0 Å². The highest BCUT2D eigenvalue weighted by Crippen LogP contribution is 2.30. The van der Waals surface area contributed by atoms with E-state index >= 15 is 0 Å². The molecular formula is C17H16N4O2S. The van der Waals surface area contributed by atoms with E-state index in [2.05, 4.69) is 20.4 Å². The van der Waals surface area contributed by atoms with Crippen molar-refractivity contribution in [1.82, 2.24) is 15.1 Å². The maximum Gasteiger partial charge on any atom is 0.227 e. The van der Waals surface area contributed by atoms with E-state index in [0.717, 1.165) is 24.1 Å². The molecule has 0 bridgehead atoms. The number of rotatable bonds is 5. The molecule has 0 aliphatic heterocycles. The lowest BCUT2D eigenvalue weighted by Crippen LogP contribution is -2.12. The lowest BCUT2D eigenvalue weighted by atomic mass is 10.2. The van der Waals surface area contributed by atoms with Gasteiger partial charge in [0.25, 0.3) is 0 Å². The molecular weight excluding hydrogens is 324 g/mol. The van der Waals surface area contributed by atoms with Crippen LogP contribution < -0.4 is 5.32 Å². The SMILES string of the molecule is O=C(CCc1nc(-c2ccccc2)no1)Nc1nc2c(s1)CCC2. The molecule has 1 aliphatic rings. The minimum absolute atomic E-state index is 0.0816. The third kappa shape index (κ3) is 3.21. The summed E-state index contributed by atoms with van der Waals surface area (Å²) in [6.45, 7) is 0. The summed E-state index contributed by atoms with van der Waals surface area (Å²) < 4.78 is 5.22. The summed E-state index contributed by atoms with van der Waals surface area (Å²) in [4.78, 5) is 22.1. The summed E-state index contributed by atoms with van der Waals surface area (Å²) in [5, 5.41) is 7.51. The van der Waals surface area contributed by atoms with Crippen LogP contribution in [0.3, 0.4) is 0 Å². The number of benzene rings is 1. The molecule has 0 saturated carbocycles. The fourth-order valence-corrected chi connectivity index (χ4v) is 3.77. The predicted octanol–water partition coefficient (Wildman–Crippen LogP) is 3.25. The second-order valence-corrected chi connectivity index (χ2v) is 6.75. The van der Waals surface area contributed by atoms with Gasteiger partial charge in [0.1, 0.15) is 0 Å². The Kier molecular flexibility index (Phi) is 4.08. The number of fused-ring (bicyclic) bond motifs is 1. The normalized spacial score (nSPS) is 13.0. The van der Waals surface area contributed by atoms with Crippen molar-refractivity contribution in [3.63, 3.8) is 0 Å². The summed E-state index contributed by atoms with van der Waals surface area (Å²) >= 11 is 1.58. The fourth-order valence-electron chi connectivity index (χ4n) is 2.71. The van der Waals surface area contributed by atoms with E-state index in [1.165, 1.54) is 11.3 Å². The van der Waals surface area contributed by atoms with Crippen molar-refractivity contribution < 1.29 is 9.32 Å². The van der Waals surface area contributed by atoms with Crippen LogP contribution in [0.1, 0.15) is 29.3 Å². The molecule has 24 heavy (non-hydrogen) atoms. The lowest BCUT2D eigenvalue weighted by molar-refractivity contribution is -0.116. The number of aromatic nitrogens is 3. The molecule has 0 atom stereocenters. The average Bonchev–Trinajstić information content (AvgIpc) is 3.29. The fraction of sp³-hybridized carbons (Fsp3) is 0.294. The minimum atomic E-state index is -0.0816. The molecule has 122 valence electrons. The van der Waals surface area contributed by atoms with Gasteiger partial charge >= 0.3 is 0 Å². The van der Waals surface area contributed by atoms with Gasteiger partial charge in [-0.1, -0.05) is 35.5 Å². The van der Waals surface area contributed by atoms with E-state index in [9.17, 15) is 4.79 Å². The summed E-state index contributed by atoms with van der Waals surface area (Å²) in [6.07, 6.45) is 3.97. The van der Waals surface area contributed by atoms with Gasteiger partial charge in [-0.05, 0) is 19.3 Å². The van der Waals surface area contributed by atoms with Crippen molar-refractivity contribution in [1.29, 1.82) is 0 Å². The van der Waals surface area contributed by atoms with Gasteiger partial charge in [-0.15, -0.1) is 11.3 Å². The van der Waals surface area contributed by atoms with Gasteiger partial charge in [0, 0.05) is 23.3 Å². The highest BCUT2D eigenvalue weighted by molar-refractivity contribution is 7.15. The molecule has 7 heteroatoms. The highest BCUT2D eigenvalue weighted by atomic mass is 32.1. The van der Waals surface area contributed by atoms with Crippen LogP contribution in [0, 0.1) is 0 Å². The quantitative estimate of drug-likeness (QED) is 0.771. The molecule has 0 fully saturated rings. The van der Waals surface area contributed by atoms with E-state index in [4.69, 9.17) is 4.52 Å². The molecule has 2 aromatic heterocycles. The third-order valence-corrected chi connectivity index (χ3v) is 4.98. The van der Waals surface area contributed by atoms with Crippen LogP contribution in [0.5, 0.6) is 0 Å². The van der Waals surface area contributed by atoms with E-state index in [1.807, 2.05) is 30.3 Å². The van der Waals surface area contributed by atoms with Gasteiger partial charge in [0.05, 0.1) is 5.69 Å². The summed E-state index contributed by atoms with van der Waals surface area (Å²) in [7, 11) is 0. The Morgan fingerprint density at radius 2 is 2.08 bits per heavy atom. The van der Waals surface area contributed by atoms with Crippen molar-refractivity contribution in [2.75, 3.05) is 5.32 Å². The summed E-state index contributed by atoms with van der Waals surface area (Å²) in [5.74, 6) is 0.926. The molecule has 6 nitrogen and oxygen atoms in total. The zero-order valence-corrected chi connectivity index (χ0v) is 13.8. The number of hydrogen-bond acceptors (Lipinski definition) is 6. The van der Waals surface area contributed by atoms with Crippen LogP contribution in [0.25, 0.3) is 11.4 Å². The van der Waals surface area contributed by atoms with E-state index in [0.29, 0.717) is 29.7 Å². The molecule has 1 N–H and O–H groups in total. The maximum absolute atomic E-state index is 12.1. The number of nitrogens with zero attached hydrogens (tertiary/aromatic N) is 3. The number of amides is 1. The molecule has 1 amide bonds. The van der Waals surface area contributed by atoms with Crippen LogP contribution in [-0.4, -0.2) is 21.0 Å². The molecule has 0 unspecified atom stereocenters. The topological polar surface area (TPSA) is 80.9 Å². The lowest BCUT2D eigenvalue weighted by Gasteiger charge is -1.99. The zero-order chi connectivity index (χ0) is 16.4. The van der Waals surface area contributed by atoms with Gasteiger partial charge in [0.2, 0.25) is 17.6 Å². The van der Waals surface area contributed by atoms with Crippen molar-refractivity contribution in [3.8, 4) is 11.4 Å². The Hall–Kier alpha value is -2.54. The number of thiazole rings is 1. The number of anilines is 1. The van der Waals surface area contributed by atoms with Gasteiger partial charge in [-0.3, -0.25) is 4.79 Å². The van der Waals surface area contributed by atoms with E-state index in [-0.39, 0.29) is 5.91 Å². The first-order valence-electron chi connectivity index (χ1n) is 7.94. The van der Waals surface area contributed by atoms with Crippen LogP contribution in [-0.2, 0) is 24.1 Å². The molecule has 4 rings (SSSR count). The van der Waals surface area contributed by atoms with Gasteiger partial charge in [-0.2, -0.15) is 4.98 Å². The largest absolute Gasteiger partial charge is 0.339 e. The Balaban J connectivity index is 1.33. The van der Waals surface area contributed by atoms with Gasteiger partial charge in [0.15, 0.2) is 5.13 Å². The van der Waals surface area contributed by atoms with Crippen molar-refractivity contribution in [2.45, 2.75) is 32.1 Å². The number of nitrogens with one attached hydrogen (secondary N) is 1. The minimum Gasteiger partial charge on any atom is -0.339 e. The molecule has 2 heterocycles. The summed E-state index contributed by atoms with van der Waals surface area (Å²) in [6, 6.07) is 9.61. The highest BCUT2D eigenvalue weighted by Gasteiger charge is 2.18. The standard InChI is InChI=1S/C17H16N4O2S/c22-14(19-17-18-12-7-4-8-13(12)24-17)9-10-15-20-16(21-23-15)11-5-2-1-3-6-11/h1-3,5-6H,4,7-10H2,(H,18,19,22). The Labute approximate surface area is 142 Å². The Morgan fingerprint density at radius 3 is 2.92 bits per heavy atom. The molecule has 3 aromatic rings. The molecule has 0 radical (unpaired) electrons. The monoisotopic (exact) mass is 340 g/mol. The second kappa shape index (κ2) is 6.52. The Morgan fingerprint density at radius 1 is 1.21 bits per heavy atom. The van der Waals surface area contributed by atoms with Crippen molar-refractivity contribution in [3.05, 3.63) is 46.8 Å². The maximum atomic E-state index is 12.1. The van der Waals surface area contributed by atoms with Gasteiger partial charge in [-0.25, -0.2) is 4.98 Å². The number of hydrogen-bond donors (Lipinski definition) is 1. The Bertz CT molecular complexity index is 835. The smallest absolute Gasteiger partial charge is 0.227 e. The molecule has 0 saturated heterocycles. The third-order valence-electron chi connectivity index (χ3n) is 3.91. The first-order chi connectivity index (χ1) is 11.8. The van der Waals surface area contributed by atoms with Gasteiger partial charge < -0.3 is 9.84 Å². The average molecular weight is 340 g/mol. The first kappa shape index (κ1) is 15.0. The number of carbonyl (C=O) groups excluding carboxylic acids is 1. The van der Waals surface area contributed by atoms with E-state index in [1.54, 1.807) is 11.3 Å². The summed E-state index contributed by atoms with van der Waals surface area (Å²) in [5.41, 5.74) is 2.04. The second-order valence-electron chi connectivity index (χ2n) is 5.67. The van der Waals surface area contributed by atoms with Crippen LogP contribution >= 0.6 is 11.3 Å². The predicted molar refractivity (Wildman–Crippen MR) is 90.8 cm³/mol. The van der Waals surface area contributed by atoms with Crippen LogP contribution in [0.4, 0.5) is 5.13 Å². The van der Waals surface area contributed by atoms with Crippen molar-refractivity contribution >= 4 is 22.4 Å². The number of carbonyl (C=O) groups is 1. The molecule has 0 spiro atoms.